The number of hydrogen-bond acceptors (Lipinski definition) is 17. The summed E-state index contributed by atoms with van der Waals surface area (Å²) in [5.74, 6) is 0. The molecular weight excluding hydrogens is 428 g/mol. The van der Waals surface area contributed by atoms with Crippen LogP contribution in [-0.4, -0.2) is 78.2 Å². The van der Waals surface area contributed by atoms with Crippen molar-refractivity contribution in [2.75, 3.05) is 19.8 Å². The van der Waals surface area contributed by atoms with Crippen LogP contribution < -0.4 is 0 Å². The van der Waals surface area contributed by atoms with Crippen LogP contribution in [0.1, 0.15) is 20.8 Å². The minimum atomic E-state index is 0.250. The fourth-order valence-corrected chi connectivity index (χ4v) is 0. The molecule has 0 fully saturated rings. The van der Waals surface area contributed by atoms with Crippen molar-refractivity contribution in [3.63, 3.8) is 0 Å². The van der Waals surface area contributed by atoms with Crippen molar-refractivity contribution in [2.45, 2.75) is 20.8 Å². The molecule has 0 heterocycles. The van der Waals surface area contributed by atoms with Crippen LogP contribution in [0, 0.1) is 0 Å². The topological polar surface area (TPSA) is 300 Å². The summed E-state index contributed by atoms with van der Waals surface area (Å²) in [6.45, 7) is 5.79. The van der Waals surface area contributed by atoms with Crippen LogP contribution in [-0.2, 0) is 67.1 Å². The molecule has 0 amide bonds. The maximum atomic E-state index is 8.12. The smallest absolute Gasteiger partial charge is 0.373 e. The predicted octanol–water partition coefficient (Wildman–Crippen LogP) is -4.09. The molecule has 17 heteroatoms. The first kappa shape index (κ1) is 63.7. The number of aliphatic hydroxyl groups is 3. The van der Waals surface area contributed by atoms with E-state index < -0.39 is 0 Å². The van der Waals surface area contributed by atoms with Gasteiger partial charge in [-0.3, -0.25) is 0 Å². The van der Waals surface area contributed by atoms with E-state index in [1.165, 1.54) is 0 Å². The molecule has 0 radical (unpaired) electrons. The zero-order valence-electron chi connectivity index (χ0n) is 15.7. The number of rotatable bonds is 0. The second kappa shape index (κ2) is 443. The Balaban J connectivity index is -0.0000000185. The third-order valence-corrected chi connectivity index (χ3v) is 0. The average molecular weight is 446 g/mol. The molecule has 0 spiro atoms. The Hall–Kier alpha value is -4.46. The van der Waals surface area contributed by atoms with Gasteiger partial charge in [-0.1, -0.05) is 0 Å². The minimum Gasteiger partial charge on any atom is -0.397 e. The highest BCUT2D eigenvalue weighted by Gasteiger charge is 1.35. The van der Waals surface area contributed by atoms with Gasteiger partial charge in [0.25, 0.3) is 0 Å². The molecule has 0 aromatic carbocycles. The highest BCUT2D eigenvalue weighted by molar-refractivity contribution is 5.21. The summed E-state index contributed by atoms with van der Waals surface area (Å²) in [6.07, 6.45) is 1.75. The Morgan fingerprint density at radius 2 is 0.333 bits per heavy atom. The van der Waals surface area contributed by atoms with E-state index in [1.807, 2.05) is 0 Å². The van der Waals surface area contributed by atoms with E-state index >= 15 is 0 Å². The van der Waals surface area contributed by atoms with Gasteiger partial charge in [-0.05, 0) is 20.8 Å². The Labute approximate surface area is 167 Å². The van der Waals surface area contributed by atoms with Gasteiger partial charge in [0.05, 0.1) is 0 Å². The predicted molar refractivity (Wildman–Crippen MR) is 73.3 cm³/mol. The summed E-state index contributed by atoms with van der Waals surface area (Å²) in [6, 6.07) is 0. The maximum absolute atomic E-state index is 8.12. The minimum absolute atomic E-state index is 0.250. The molecule has 3 N–H and O–H groups in total. The van der Waals surface area contributed by atoms with Crippen molar-refractivity contribution >= 4 is 43.1 Å². The molecule has 0 saturated carbocycles. The summed E-state index contributed by atoms with van der Waals surface area (Å²) < 4.78 is 0. The zero-order valence-corrected chi connectivity index (χ0v) is 15.7. The Kier molecular flexibility index (Phi) is 941. The van der Waals surface area contributed by atoms with Gasteiger partial charge < -0.3 is 15.3 Å². The standard InChI is InChI=1S/3C2H6O.7CO2/c3*1-2-3;7*2-1-3/h3*3H,2H2,1H3;;;;;;;. The highest BCUT2D eigenvalue weighted by atomic mass is 16.3. The van der Waals surface area contributed by atoms with E-state index in [0.29, 0.717) is 0 Å². The van der Waals surface area contributed by atoms with E-state index in [-0.39, 0.29) is 62.9 Å². The SMILES string of the molecule is CCO.CCO.CCO.O=C=O.O=C=O.O=C=O.O=C=O.O=C=O.O=C=O.O=C=O. The molecule has 17 nitrogen and oxygen atoms in total. The van der Waals surface area contributed by atoms with E-state index in [1.54, 1.807) is 20.8 Å². The van der Waals surface area contributed by atoms with Crippen LogP contribution in [0.25, 0.3) is 0 Å². The van der Waals surface area contributed by atoms with E-state index in [9.17, 15) is 0 Å². The lowest BCUT2D eigenvalue weighted by atomic mass is 10.9. The monoisotopic (exact) mass is 446 g/mol. The van der Waals surface area contributed by atoms with Crippen molar-refractivity contribution in [2.24, 2.45) is 0 Å². The Morgan fingerprint density at radius 1 is 0.333 bits per heavy atom. The van der Waals surface area contributed by atoms with E-state index in [2.05, 4.69) is 0 Å². The first-order chi connectivity index (χ1) is 14.1. The molecule has 0 bridgehead atoms. The van der Waals surface area contributed by atoms with Gasteiger partial charge >= 0.3 is 43.1 Å². The first-order valence-electron chi connectivity index (χ1n) is 5.93. The molecule has 0 rings (SSSR count). The lowest BCUT2D eigenvalue weighted by Gasteiger charge is -1.52. The molecule has 0 saturated heterocycles. The quantitative estimate of drug-likeness (QED) is 0.318. The molecule has 0 atom stereocenters. The highest BCUT2D eigenvalue weighted by Crippen LogP contribution is 1.30. The molecule has 0 aromatic heterocycles. The van der Waals surface area contributed by atoms with Crippen molar-refractivity contribution in [3.8, 4) is 0 Å². The van der Waals surface area contributed by atoms with Crippen molar-refractivity contribution in [1.82, 2.24) is 0 Å². The van der Waals surface area contributed by atoms with Crippen LogP contribution in [0.2, 0.25) is 0 Å². The molecule has 0 aliphatic heterocycles. The van der Waals surface area contributed by atoms with Gasteiger partial charge in [0.1, 0.15) is 0 Å². The lowest BCUT2D eigenvalue weighted by Crippen LogP contribution is -1.57. The second-order valence-electron chi connectivity index (χ2n) is 1.53. The van der Waals surface area contributed by atoms with E-state index in [0.717, 1.165) is 0 Å². The Bertz CT molecular complexity index is 331. The first-order valence-corrected chi connectivity index (χ1v) is 5.93. The summed E-state index contributed by atoms with van der Waals surface area (Å²) in [7, 11) is 0. The van der Waals surface area contributed by atoms with Crippen LogP contribution in [0.5, 0.6) is 0 Å². The van der Waals surface area contributed by atoms with Crippen molar-refractivity contribution < 1.29 is 82.4 Å². The van der Waals surface area contributed by atoms with Crippen LogP contribution >= 0.6 is 0 Å². The lowest BCUT2D eigenvalue weighted by molar-refractivity contribution is -0.193. The third-order valence-electron chi connectivity index (χ3n) is 0. The summed E-state index contributed by atoms with van der Waals surface area (Å²) in [5, 5.41) is 22.7. The number of carbonyl (C=O) groups excluding carboxylic acids is 14. The van der Waals surface area contributed by atoms with Crippen molar-refractivity contribution in [3.05, 3.63) is 0 Å². The molecule has 30 heavy (non-hydrogen) atoms. The largest absolute Gasteiger partial charge is 0.397 e. The summed E-state index contributed by atoms with van der Waals surface area (Å²) >= 11 is 0. The molecular formula is C13H18O17. The maximum Gasteiger partial charge on any atom is 0.373 e. The van der Waals surface area contributed by atoms with E-state index in [4.69, 9.17) is 82.4 Å². The second-order valence-corrected chi connectivity index (χ2v) is 1.53. The molecule has 0 aliphatic carbocycles. The van der Waals surface area contributed by atoms with Gasteiger partial charge in [0.15, 0.2) is 0 Å². The van der Waals surface area contributed by atoms with Gasteiger partial charge in [0, 0.05) is 19.8 Å². The van der Waals surface area contributed by atoms with Crippen LogP contribution in [0.3, 0.4) is 0 Å². The zero-order chi connectivity index (χ0) is 27.1. The summed E-state index contributed by atoms with van der Waals surface area (Å²) in [5.41, 5.74) is 0. The molecule has 0 aromatic rings. The normalized spacial score (nSPS) is 3.67. The van der Waals surface area contributed by atoms with Crippen LogP contribution in [0.4, 0.5) is 0 Å². The van der Waals surface area contributed by atoms with Gasteiger partial charge in [0.2, 0.25) is 0 Å². The average Bonchev–Trinajstić information content (AvgIpc) is 2.61. The Morgan fingerprint density at radius 3 is 0.333 bits per heavy atom. The fourth-order valence-electron chi connectivity index (χ4n) is 0. The number of aliphatic hydroxyl groups excluding tert-OH is 3. The molecule has 0 aliphatic rings. The third kappa shape index (κ3) is 601. The molecule has 0 unspecified atom stereocenters. The summed E-state index contributed by atoms with van der Waals surface area (Å²) in [4.78, 5) is 114. The van der Waals surface area contributed by atoms with Gasteiger partial charge in [-0.25, -0.2) is 0 Å². The van der Waals surface area contributed by atoms with Gasteiger partial charge in [-0.2, -0.15) is 67.1 Å². The molecule has 172 valence electrons. The van der Waals surface area contributed by atoms with Gasteiger partial charge in [-0.15, -0.1) is 0 Å². The number of hydrogen-bond donors (Lipinski definition) is 3. The fraction of sp³-hybridized carbons (Fsp3) is 0.462. The van der Waals surface area contributed by atoms with Crippen molar-refractivity contribution in [1.29, 1.82) is 0 Å². The van der Waals surface area contributed by atoms with Crippen LogP contribution in [0.15, 0.2) is 0 Å².